The number of hydrogen-bond acceptors (Lipinski definition) is 6. The largest absolute Gasteiger partial charge is 0.493 e. The summed E-state index contributed by atoms with van der Waals surface area (Å²) in [6.07, 6.45) is 5.53. The number of hydrazone groups is 1. The van der Waals surface area contributed by atoms with Crippen LogP contribution in [-0.2, 0) is 9.53 Å². The summed E-state index contributed by atoms with van der Waals surface area (Å²) in [5.41, 5.74) is 1.49. The second kappa shape index (κ2) is 12.5. The monoisotopic (exact) mass is 552 g/mol. The molecule has 1 atom stereocenters. The summed E-state index contributed by atoms with van der Waals surface area (Å²) in [5.74, 6) is -0.883. The van der Waals surface area contributed by atoms with Crippen molar-refractivity contribution in [1.29, 1.82) is 0 Å². The molecule has 0 saturated carbocycles. The van der Waals surface area contributed by atoms with E-state index in [2.05, 4.69) is 15.0 Å². The Kier molecular flexibility index (Phi) is 8.64. The number of piperidine rings is 1. The van der Waals surface area contributed by atoms with E-state index in [9.17, 15) is 18.0 Å². The molecule has 210 valence electrons. The Morgan fingerprint density at radius 3 is 2.52 bits per heavy atom. The molecule has 2 aliphatic heterocycles. The van der Waals surface area contributed by atoms with Gasteiger partial charge in [-0.2, -0.15) is 5.10 Å². The lowest BCUT2D eigenvalue weighted by Gasteiger charge is -2.34. The van der Waals surface area contributed by atoms with E-state index in [1.54, 1.807) is 37.7 Å². The van der Waals surface area contributed by atoms with Gasteiger partial charge in [0.15, 0.2) is 0 Å². The fraction of sp³-hybridized carbons (Fsp3) is 0.367. The van der Waals surface area contributed by atoms with Crippen LogP contribution in [0.1, 0.15) is 37.3 Å². The molecule has 5 rings (SSSR count). The number of halogens is 3. The van der Waals surface area contributed by atoms with Gasteiger partial charge in [-0.3, -0.25) is 4.79 Å². The van der Waals surface area contributed by atoms with E-state index in [0.717, 1.165) is 12.5 Å². The maximum atomic E-state index is 14.8. The van der Waals surface area contributed by atoms with Gasteiger partial charge in [-0.25, -0.2) is 23.2 Å². The third kappa shape index (κ3) is 6.28. The summed E-state index contributed by atoms with van der Waals surface area (Å²) < 4.78 is 53.1. The van der Waals surface area contributed by atoms with Gasteiger partial charge in [0.2, 0.25) is 5.91 Å². The van der Waals surface area contributed by atoms with Crippen molar-refractivity contribution in [3.05, 3.63) is 77.7 Å². The van der Waals surface area contributed by atoms with Gasteiger partial charge in [0, 0.05) is 69.6 Å². The van der Waals surface area contributed by atoms with Crippen LogP contribution in [0.25, 0.3) is 11.1 Å². The molecule has 1 fully saturated rings. The molecular formula is C30H31F3N4O3. The Hall–Kier alpha value is -3.92. The molecule has 2 aliphatic rings. The molecule has 40 heavy (non-hydrogen) atoms. The number of benzene rings is 2. The number of pyridine rings is 1. The topological polar surface area (TPSA) is 67.3 Å². The highest BCUT2D eigenvalue weighted by molar-refractivity contribution is 5.82. The van der Waals surface area contributed by atoms with Gasteiger partial charge < -0.3 is 14.4 Å². The van der Waals surface area contributed by atoms with Crippen molar-refractivity contribution < 1.29 is 27.4 Å². The third-order valence-corrected chi connectivity index (χ3v) is 7.25. The van der Waals surface area contributed by atoms with E-state index in [1.807, 2.05) is 6.07 Å². The lowest BCUT2D eigenvalue weighted by molar-refractivity contribution is -0.138. The van der Waals surface area contributed by atoms with E-state index in [4.69, 9.17) is 9.47 Å². The number of rotatable bonds is 9. The van der Waals surface area contributed by atoms with Crippen molar-refractivity contribution in [2.24, 2.45) is 11.0 Å². The van der Waals surface area contributed by atoms with Crippen molar-refractivity contribution in [2.75, 3.05) is 38.3 Å². The Morgan fingerprint density at radius 2 is 1.77 bits per heavy atom. The number of methoxy groups -OCH3 is 1. The zero-order valence-corrected chi connectivity index (χ0v) is 22.2. The van der Waals surface area contributed by atoms with Crippen molar-refractivity contribution in [2.45, 2.75) is 31.7 Å². The summed E-state index contributed by atoms with van der Waals surface area (Å²) in [5, 5.41) is 5.59. The number of nitrogens with zero attached hydrogens (tertiary/aromatic N) is 4. The summed E-state index contributed by atoms with van der Waals surface area (Å²) >= 11 is 0. The maximum absolute atomic E-state index is 14.8. The Morgan fingerprint density at radius 1 is 1.00 bits per heavy atom. The Bertz CT molecular complexity index is 1360. The molecule has 7 nitrogen and oxygen atoms in total. The lowest BCUT2D eigenvalue weighted by Crippen LogP contribution is -2.41. The molecule has 0 N–H and O–H groups in total. The van der Waals surface area contributed by atoms with Crippen molar-refractivity contribution in [3.63, 3.8) is 0 Å². The van der Waals surface area contributed by atoms with Crippen LogP contribution >= 0.6 is 0 Å². The Labute approximate surface area is 231 Å². The Balaban J connectivity index is 1.23. The maximum Gasteiger partial charge on any atom is 0.246 e. The van der Waals surface area contributed by atoms with Crippen LogP contribution in [0.15, 0.2) is 59.8 Å². The van der Waals surface area contributed by atoms with Crippen LogP contribution < -0.4 is 9.64 Å². The quantitative estimate of drug-likeness (QED) is 0.316. The van der Waals surface area contributed by atoms with Gasteiger partial charge in [-0.05, 0) is 66.4 Å². The number of anilines is 1. The predicted octanol–water partition coefficient (Wildman–Crippen LogP) is 5.76. The minimum absolute atomic E-state index is 0.158. The second-order valence-electron chi connectivity index (χ2n) is 9.94. The summed E-state index contributed by atoms with van der Waals surface area (Å²) in [7, 11) is 1.63. The number of aromatic nitrogens is 1. The molecule has 3 heterocycles. The smallest absolute Gasteiger partial charge is 0.246 e. The van der Waals surface area contributed by atoms with Gasteiger partial charge in [0.05, 0.1) is 12.6 Å². The van der Waals surface area contributed by atoms with E-state index in [0.29, 0.717) is 73.8 Å². The van der Waals surface area contributed by atoms with Gasteiger partial charge in [-0.1, -0.05) is 0 Å². The van der Waals surface area contributed by atoms with E-state index in [-0.39, 0.29) is 17.6 Å². The zero-order valence-electron chi connectivity index (χ0n) is 22.2. The van der Waals surface area contributed by atoms with Crippen LogP contribution in [0.3, 0.4) is 0 Å². The molecule has 1 aromatic heterocycles. The molecule has 0 bridgehead atoms. The molecule has 3 aromatic rings. The van der Waals surface area contributed by atoms with Crippen molar-refractivity contribution in [1.82, 2.24) is 9.99 Å². The number of carbonyl (C=O) groups is 1. The van der Waals surface area contributed by atoms with E-state index in [1.165, 1.54) is 23.2 Å². The first-order chi connectivity index (χ1) is 19.4. The molecule has 0 aliphatic carbocycles. The molecule has 0 radical (unpaired) electrons. The highest BCUT2D eigenvalue weighted by Gasteiger charge is 2.35. The normalized spacial score (nSPS) is 17.4. The fourth-order valence-electron chi connectivity index (χ4n) is 5.18. The van der Waals surface area contributed by atoms with E-state index < -0.39 is 17.7 Å². The zero-order chi connectivity index (χ0) is 28.1. The first-order valence-electron chi connectivity index (χ1n) is 13.4. The fourth-order valence-corrected chi connectivity index (χ4v) is 5.18. The standard InChI is InChI=1S/C30H31F3N4O3/c1-39-13-2-14-40-25-3-4-27(33)26(19-25)21-5-9-34-29(17-21)36-11-7-20(8-12-36)30(38)37-28(6-10-35-37)22-15-23(31)18-24(32)16-22/h3-5,9-10,15-20,28H,2,6-8,11-14H2,1H3. The van der Waals surface area contributed by atoms with Crippen LogP contribution in [0.5, 0.6) is 5.75 Å². The summed E-state index contributed by atoms with van der Waals surface area (Å²) in [6.45, 7) is 2.21. The van der Waals surface area contributed by atoms with Crippen LogP contribution in [0.2, 0.25) is 0 Å². The minimum atomic E-state index is -0.682. The minimum Gasteiger partial charge on any atom is -0.493 e. The third-order valence-electron chi connectivity index (χ3n) is 7.25. The molecule has 2 aromatic carbocycles. The highest BCUT2D eigenvalue weighted by Crippen LogP contribution is 2.34. The average Bonchev–Trinajstić information content (AvgIpc) is 3.46. The van der Waals surface area contributed by atoms with Crippen LogP contribution in [-0.4, -0.2) is 55.5 Å². The molecule has 1 saturated heterocycles. The second-order valence-corrected chi connectivity index (χ2v) is 9.94. The first-order valence-corrected chi connectivity index (χ1v) is 13.4. The van der Waals surface area contributed by atoms with Gasteiger partial charge >= 0.3 is 0 Å². The average molecular weight is 553 g/mol. The number of amides is 1. The van der Waals surface area contributed by atoms with Crippen LogP contribution in [0.4, 0.5) is 19.0 Å². The molecular weight excluding hydrogens is 521 g/mol. The van der Waals surface area contributed by atoms with Crippen molar-refractivity contribution in [3.8, 4) is 16.9 Å². The highest BCUT2D eigenvalue weighted by atomic mass is 19.1. The number of ether oxygens (including phenoxy) is 2. The SMILES string of the molecule is COCCCOc1ccc(F)c(-c2ccnc(N3CCC(C(=O)N4N=CCC4c4cc(F)cc(F)c4)CC3)c2)c1. The van der Waals surface area contributed by atoms with E-state index >= 15 is 0 Å². The van der Waals surface area contributed by atoms with Gasteiger partial charge in [0.25, 0.3) is 0 Å². The number of hydrogen-bond donors (Lipinski definition) is 0. The molecule has 10 heteroatoms. The first kappa shape index (κ1) is 27.6. The van der Waals surface area contributed by atoms with Crippen LogP contribution in [0, 0.1) is 23.4 Å². The van der Waals surface area contributed by atoms with Crippen molar-refractivity contribution >= 4 is 17.9 Å². The van der Waals surface area contributed by atoms with Gasteiger partial charge in [0.1, 0.15) is 29.0 Å². The lowest BCUT2D eigenvalue weighted by atomic mass is 9.94. The summed E-state index contributed by atoms with van der Waals surface area (Å²) in [4.78, 5) is 19.9. The predicted molar refractivity (Wildman–Crippen MR) is 146 cm³/mol. The summed E-state index contributed by atoms with van der Waals surface area (Å²) in [6, 6.07) is 11.1. The molecule has 0 spiro atoms. The molecule has 1 amide bonds. The van der Waals surface area contributed by atoms with Gasteiger partial charge in [-0.15, -0.1) is 0 Å². The molecule has 1 unspecified atom stereocenters. The number of carbonyl (C=O) groups excluding carboxylic acids is 1.